The Hall–Kier alpha value is -0.940. The number of aromatic nitrogens is 2. The maximum absolute atomic E-state index is 5.81. The zero-order valence-electron chi connectivity index (χ0n) is 13.3. The molecule has 0 aliphatic carbocycles. The molecular weight excluding hydrogens is 252 g/mol. The summed E-state index contributed by atoms with van der Waals surface area (Å²) in [6.07, 6.45) is 3.71. The molecule has 1 unspecified atom stereocenters. The van der Waals surface area contributed by atoms with Crippen LogP contribution in [0, 0.1) is 0 Å². The molecule has 114 valence electrons. The van der Waals surface area contributed by atoms with Crippen LogP contribution in [0.25, 0.3) is 0 Å². The van der Waals surface area contributed by atoms with Crippen molar-refractivity contribution in [2.45, 2.75) is 65.0 Å². The molecule has 2 heterocycles. The molecule has 5 nitrogen and oxygen atoms in total. The normalized spacial score (nSPS) is 19.9. The number of hydrogen-bond donors (Lipinski definition) is 1. The van der Waals surface area contributed by atoms with Gasteiger partial charge in [0.25, 0.3) is 0 Å². The fourth-order valence-electron chi connectivity index (χ4n) is 2.59. The van der Waals surface area contributed by atoms with Gasteiger partial charge in [0.1, 0.15) is 0 Å². The molecule has 1 aromatic heterocycles. The van der Waals surface area contributed by atoms with Crippen molar-refractivity contribution in [1.82, 2.24) is 20.4 Å². The van der Waals surface area contributed by atoms with Crippen molar-refractivity contribution in [3.63, 3.8) is 0 Å². The average Bonchev–Trinajstić information content (AvgIpc) is 2.99. The van der Waals surface area contributed by atoms with Crippen LogP contribution in [-0.2, 0) is 12.0 Å². The van der Waals surface area contributed by atoms with E-state index in [1.165, 1.54) is 12.8 Å². The summed E-state index contributed by atoms with van der Waals surface area (Å²) < 4.78 is 5.81. The standard InChI is InChI=1S/C15H28N4O/c1-5-9-19(10-12-7-6-8-16-12)11-13-17-18-14(20-13)15(2,3)4/h12,16H,5-11H2,1-4H3. The van der Waals surface area contributed by atoms with Crippen LogP contribution in [0.15, 0.2) is 4.42 Å². The van der Waals surface area contributed by atoms with Crippen molar-refractivity contribution in [3.8, 4) is 0 Å². The van der Waals surface area contributed by atoms with Gasteiger partial charge in [-0.25, -0.2) is 0 Å². The molecule has 2 rings (SSSR count). The van der Waals surface area contributed by atoms with Crippen molar-refractivity contribution in [2.75, 3.05) is 19.6 Å². The van der Waals surface area contributed by atoms with E-state index < -0.39 is 0 Å². The highest BCUT2D eigenvalue weighted by Crippen LogP contribution is 2.21. The van der Waals surface area contributed by atoms with Gasteiger partial charge in [-0.15, -0.1) is 10.2 Å². The Morgan fingerprint density at radius 3 is 2.70 bits per heavy atom. The average molecular weight is 280 g/mol. The molecule has 1 aliphatic rings. The lowest BCUT2D eigenvalue weighted by Gasteiger charge is -2.23. The molecule has 1 aliphatic heterocycles. The molecule has 1 aromatic rings. The minimum absolute atomic E-state index is 0.0756. The van der Waals surface area contributed by atoms with Gasteiger partial charge >= 0.3 is 0 Å². The van der Waals surface area contributed by atoms with Crippen molar-refractivity contribution >= 4 is 0 Å². The summed E-state index contributed by atoms with van der Waals surface area (Å²) in [5, 5.41) is 11.9. The lowest BCUT2D eigenvalue weighted by Crippen LogP contribution is -2.37. The second-order valence-electron chi connectivity index (χ2n) is 6.78. The Kier molecular flexibility index (Phi) is 5.16. The lowest BCUT2D eigenvalue weighted by atomic mass is 9.97. The van der Waals surface area contributed by atoms with Gasteiger partial charge in [-0.3, -0.25) is 4.90 Å². The van der Waals surface area contributed by atoms with Crippen LogP contribution in [0.2, 0.25) is 0 Å². The highest BCUT2D eigenvalue weighted by molar-refractivity contribution is 4.96. The molecule has 5 heteroatoms. The molecule has 1 atom stereocenters. The molecule has 20 heavy (non-hydrogen) atoms. The molecule has 0 saturated carbocycles. The van der Waals surface area contributed by atoms with Crippen LogP contribution >= 0.6 is 0 Å². The Labute approximate surface area is 122 Å². The smallest absolute Gasteiger partial charge is 0.230 e. The Morgan fingerprint density at radius 1 is 1.35 bits per heavy atom. The topological polar surface area (TPSA) is 54.2 Å². The quantitative estimate of drug-likeness (QED) is 0.866. The first-order valence-corrected chi connectivity index (χ1v) is 7.77. The summed E-state index contributed by atoms with van der Waals surface area (Å²) in [5.74, 6) is 1.46. The van der Waals surface area contributed by atoms with E-state index in [1.807, 2.05) is 0 Å². The largest absolute Gasteiger partial charge is 0.423 e. The zero-order chi connectivity index (χ0) is 14.6. The first-order valence-electron chi connectivity index (χ1n) is 7.77. The molecule has 1 N–H and O–H groups in total. The summed E-state index contributed by atoms with van der Waals surface area (Å²) in [5.41, 5.74) is -0.0756. The lowest BCUT2D eigenvalue weighted by molar-refractivity contribution is 0.214. The molecule has 1 fully saturated rings. The Bertz CT molecular complexity index is 404. The van der Waals surface area contributed by atoms with Gasteiger partial charge in [0, 0.05) is 18.0 Å². The molecule has 0 aromatic carbocycles. The van der Waals surface area contributed by atoms with Crippen LogP contribution in [0.4, 0.5) is 0 Å². The first kappa shape index (κ1) is 15.4. The second kappa shape index (κ2) is 6.68. The predicted molar refractivity (Wildman–Crippen MR) is 79.6 cm³/mol. The first-order chi connectivity index (χ1) is 9.49. The van der Waals surface area contributed by atoms with E-state index in [2.05, 4.69) is 48.1 Å². The fraction of sp³-hybridized carbons (Fsp3) is 0.867. The summed E-state index contributed by atoms with van der Waals surface area (Å²) in [6, 6.07) is 0.617. The molecular formula is C15H28N4O. The summed E-state index contributed by atoms with van der Waals surface area (Å²) >= 11 is 0. The van der Waals surface area contributed by atoms with Crippen LogP contribution in [-0.4, -0.2) is 40.8 Å². The number of rotatable bonds is 6. The summed E-state index contributed by atoms with van der Waals surface area (Å²) in [7, 11) is 0. The minimum atomic E-state index is -0.0756. The van der Waals surface area contributed by atoms with Crippen molar-refractivity contribution < 1.29 is 4.42 Å². The zero-order valence-corrected chi connectivity index (χ0v) is 13.3. The van der Waals surface area contributed by atoms with Gasteiger partial charge in [0.05, 0.1) is 6.54 Å². The third-order valence-electron chi connectivity index (χ3n) is 3.65. The number of hydrogen-bond acceptors (Lipinski definition) is 5. The van der Waals surface area contributed by atoms with E-state index >= 15 is 0 Å². The Morgan fingerprint density at radius 2 is 2.15 bits per heavy atom. The van der Waals surface area contributed by atoms with Crippen LogP contribution < -0.4 is 5.32 Å². The van der Waals surface area contributed by atoms with E-state index in [4.69, 9.17) is 4.42 Å². The number of nitrogens with zero attached hydrogens (tertiary/aromatic N) is 3. The Balaban J connectivity index is 1.94. The fourth-order valence-corrected chi connectivity index (χ4v) is 2.59. The monoisotopic (exact) mass is 280 g/mol. The summed E-state index contributed by atoms with van der Waals surface area (Å²) in [6.45, 7) is 12.5. The predicted octanol–water partition coefficient (Wildman–Crippen LogP) is 2.33. The van der Waals surface area contributed by atoms with Crippen LogP contribution in [0.3, 0.4) is 0 Å². The summed E-state index contributed by atoms with van der Waals surface area (Å²) in [4.78, 5) is 2.42. The highest BCUT2D eigenvalue weighted by Gasteiger charge is 2.23. The van der Waals surface area contributed by atoms with E-state index in [9.17, 15) is 0 Å². The maximum Gasteiger partial charge on any atom is 0.230 e. The molecule has 0 bridgehead atoms. The molecule has 0 amide bonds. The molecule has 0 radical (unpaired) electrons. The van der Waals surface area contributed by atoms with Gasteiger partial charge in [-0.1, -0.05) is 27.7 Å². The minimum Gasteiger partial charge on any atom is -0.423 e. The third kappa shape index (κ3) is 4.28. The van der Waals surface area contributed by atoms with Crippen molar-refractivity contribution in [1.29, 1.82) is 0 Å². The van der Waals surface area contributed by atoms with Gasteiger partial charge in [-0.2, -0.15) is 0 Å². The highest BCUT2D eigenvalue weighted by atomic mass is 16.4. The van der Waals surface area contributed by atoms with Gasteiger partial charge in [-0.05, 0) is 32.4 Å². The van der Waals surface area contributed by atoms with E-state index in [0.29, 0.717) is 6.04 Å². The van der Waals surface area contributed by atoms with Gasteiger partial charge in [0.15, 0.2) is 0 Å². The van der Waals surface area contributed by atoms with Gasteiger partial charge in [0.2, 0.25) is 11.8 Å². The van der Waals surface area contributed by atoms with Crippen LogP contribution in [0.1, 0.15) is 58.7 Å². The SMILES string of the molecule is CCCN(Cc1nnc(C(C)(C)C)o1)CC1CCCN1. The molecule has 0 spiro atoms. The van der Waals surface area contributed by atoms with Crippen molar-refractivity contribution in [2.24, 2.45) is 0 Å². The van der Waals surface area contributed by atoms with E-state index in [1.54, 1.807) is 0 Å². The molecule has 1 saturated heterocycles. The van der Waals surface area contributed by atoms with Gasteiger partial charge < -0.3 is 9.73 Å². The third-order valence-corrected chi connectivity index (χ3v) is 3.65. The van der Waals surface area contributed by atoms with Crippen molar-refractivity contribution in [3.05, 3.63) is 11.8 Å². The number of nitrogens with one attached hydrogen (secondary N) is 1. The van der Waals surface area contributed by atoms with E-state index in [-0.39, 0.29) is 5.41 Å². The second-order valence-corrected chi connectivity index (χ2v) is 6.78. The van der Waals surface area contributed by atoms with E-state index in [0.717, 1.165) is 44.4 Å². The van der Waals surface area contributed by atoms with Crippen LogP contribution in [0.5, 0.6) is 0 Å². The maximum atomic E-state index is 5.81.